The van der Waals surface area contributed by atoms with Gasteiger partial charge in [0.15, 0.2) is 0 Å². The van der Waals surface area contributed by atoms with Gasteiger partial charge in [0.2, 0.25) is 0 Å². The summed E-state index contributed by atoms with van der Waals surface area (Å²) in [6, 6.07) is 0. The molecule has 1 aliphatic carbocycles. The molecule has 1 saturated heterocycles. The number of aldehydes is 1. The van der Waals surface area contributed by atoms with Crippen LogP contribution in [0.1, 0.15) is 33.1 Å². The maximum absolute atomic E-state index is 12.4. The average molecular weight is 390 g/mol. The van der Waals surface area contributed by atoms with Gasteiger partial charge >= 0.3 is 11.9 Å². The Morgan fingerprint density at radius 2 is 2.18 bits per heavy atom. The largest absolute Gasteiger partial charge is 0.455 e. The molecule has 2 rings (SSSR count). The Balaban J connectivity index is 2.54. The number of carbonyl (C=O) groups is 3. The van der Waals surface area contributed by atoms with E-state index in [1.165, 1.54) is 0 Å². The fourth-order valence-corrected chi connectivity index (χ4v) is 3.32. The van der Waals surface area contributed by atoms with Crippen LogP contribution >= 0.6 is 0 Å². The van der Waals surface area contributed by atoms with E-state index in [2.05, 4.69) is 6.58 Å². The molecule has 0 aromatic rings. The van der Waals surface area contributed by atoms with Gasteiger partial charge in [-0.1, -0.05) is 18.7 Å². The van der Waals surface area contributed by atoms with E-state index in [1.54, 1.807) is 32.1 Å². The van der Waals surface area contributed by atoms with Gasteiger partial charge in [-0.05, 0) is 43.9 Å². The summed E-state index contributed by atoms with van der Waals surface area (Å²) in [7, 11) is 0. The third kappa shape index (κ3) is 4.66. The minimum atomic E-state index is -1.30. The summed E-state index contributed by atoms with van der Waals surface area (Å²) in [5.41, 5.74) is 1.44. The number of esters is 2. The van der Waals surface area contributed by atoms with E-state index in [-0.39, 0.29) is 18.6 Å². The highest BCUT2D eigenvalue weighted by Gasteiger charge is 2.47. The van der Waals surface area contributed by atoms with Crippen molar-refractivity contribution < 1.29 is 34.1 Å². The molecule has 7 heteroatoms. The van der Waals surface area contributed by atoms with Crippen molar-refractivity contribution >= 4 is 18.2 Å². The molecule has 28 heavy (non-hydrogen) atoms. The van der Waals surface area contributed by atoms with Crippen molar-refractivity contribution in [2.75, 3.05) is 6.61 Å². The predicted molar refractivity (Wildman–Crippen MR) is 101 cm³/mol. The maximum atomic E-state index is 12.4. The van der Waals surface area contributed by atoms with Gasteiger partial charge in [-0.2, -0.15) is 0 Å². The second-order valence-corrected chi connectivity index (χ2v) is 6.88. The van der Waals surface area contributed by atoms with Crippen LogP contribution in [-0.2, 0) is 23.9 Å². The third-order valence-corrected chi connectivity index (χ3v) is 5.10. The molecule has 0 spiro atoms. The standard InChI is InChI=1S/C21H26O7/c1-4-12(2)20(25)28-19-17-13(3)21(26)27-16(17)10-14(11-23)6-5-7-15(8-9-22)18(19)24/h4,7,9-10,16-19,23-24H,3,5-6,8,11H2,1-2H3/b12-4-,14-10+,15-7-/t16-,17+,18+,19+/m1/s1. The second-order valence-electron chi connectivity index (χ2n) is 6.88. The summed E-state index contributed by atoms with van der Waals surface area (Å²) >= 11 is 0. The molecular weight excluding hydrogens is 364 g/mol. The van der Waals surface area contributed by atoms with E-state index in [4.69, 9.17) is 9.47 Å². The quantitative estimate of drug-likeness (QED) is 0.317. The van der Waals surface area contributed by atoms with Gasteiger partial charge < -0.3 is 24.5 Å². The second kappa shape index (κ2) is 9.61. The minimum absolute atomic E-state index is 0.0470. The van der Waals surface area contributed by atoms with Crippen LogP contribution in [-0.4, -0.2) is 53.4 Å². The van der Waals surface area contributed by atoms with Gasteiger partial charge in [0.1, 0.15) is 24.6 Å². The Hall–Kier alpha value is -2.51. The molecule has 2 N–H and O–H groups in total. The van der Waals surface area contributed by atoms with E-state index in [9.17, 15) is 24.6 Å². The van der Waals surface area contributed by atoms with Gasteiger partial charge in [0, 0.05) is 17.6 Å². The number of allylic oxidation sites excluding steroid dienone is 2. The first kappa shape index (κ1) is 21.8. The van der Waals surface area contributed by atoms with Gasteiger partial charge in [-0.15, -0.1) is 0 Å². The molecule has 152 valence electrons. The van der Waals surface area contributed by atoms with E-state index < -0.39 is 36.2 Å². The Morgan fingerprint density at radius 3 is 2.79 bits per heavy atom. The lowest BCUT2D eigenvalue weighted by atomic mass is 9.83. The van der Waals surface area contributed by atoms with Crippen LogP contribution in [0.2, 0.25) is 0 Å². The van der Waals surface area contributed by atoms with Crippen molar-refractivity contribution in [3.8, 4) is 0 Å². The number of rotatable bonds is 5. The Morgan fingerprint density at radius 1 is 1.46 bits per heavy atom. The van der Waals surface area contributed by atoms with Crippen molar-refractivity contribution in [2.24, 2.45) is 5.92 Å². The molecule has 1 fully saturated rings. The molecular formula is C21H26O7. The van der Waals surface area contributed by atoms with Crippen LogP contribution in [0.15, 0.2) is 47.1 Å². The van der Waals surface area contributed by atoms with Gasteiger partial charge in [0.25, 0.3) is 0 Å². The van der Waals surface area contributed by atoms with Crippen LogP contribution in [0.25, 0.3) is 0 Å². The Kier molecular flexibility index (Phi) is 7.48. The lowest BCUT2D eigenvalue weighted by Gasteiger charge is -2.31. The molecule has 0 radical (unpaired) electrons. The molecule has 2 aliphatic rings. The first-order valence-electron chi connectivity index (χ1n) is 9.18. The van der Waals surface area contributed by atoms with Crippen LogP contribution in [0.5, 0.6) is 0 Å². The Bertz CT molecular complexity index is 744. The number of fused-ring (bicyclic) bond motifs is 1. The van der Waals surface area contributed by atoms with Gasteiger partial charge in [0.05, 0.1) is 12.5 Å². The van der Waals surface area contributed by atoms with E-state index in [1.807, 2.05) is 0 Å². The van der Waals surface area contributed by atoms with E-state index >= 15 is 0 Å². The molecule has 1 aliphatic heterocycles. The monoisotopic (exact) mass is 390 g/mol. The average Bonchev–Trinajstić information content (AvgIpc) is 2.96. The van der Waals surface area contributed by atoms with Crippen LogP contribution in [0, 0.1) is 5.92 Å². The van der Waals surface area contributed by atoms with Gasteiger partial charge in [-0.25, -0.2) is 9.59 Å². The van der Waals surface area contributed by atoms with Crippen molar-refractivity contribution in [1.29, 1.82) is 0 Å². The van der Waals surface area contributed by atoms with Crippen molar-refractivity contribution in [2.45, 2.75) is 51.4 Å². The number of aliphatic hydroxyl groups is 2. The smallest absolute Gasteiger partial charge is 0.334 e. The summed E-state index contributed by atoms with van der Waals surface area (Å²) in [6.45, 7) is 6.78. The number of hydrogen-bond donors (Lipinski definition) is 2. The SMILES string of the molecule is C=C1C(=O)O[C@@H]2/C=C(/CO)CC/C=C(/CC=O)[C@H](O)[C@@H](OC(=O)/C(C)=C\C)[C@@H]12. The van der Waals surface area contributed by atoms with Crippen molar-refractivity contribution in [3.63, 3.8) is 0 Å². The third-order valence-electron chi connectivity index (χ3n) is 5.10. The number of aliphatic hydroxyl groups excluding tert-OH is 2. The summed E-state index contributed by atoms with van der Waals surface area (Å²) in [6.07, 6.45) is 3.13. The zero-order valence-corrected chi connectivity index (χ0v) is 16.1. The summed E-state index contributed by atoms with van der Waals surface area (Å²) < 4.78 is 10.9. The first-order chi connectivity index (χ1) is 13.3. The summed E-state index contributed by atoms with van der Waals surface area (Å²) in [5, 5.41) is 20.6. The van der Waals surface area contributed by atoms with Crippen LogP contribution in [0.4, 0.5) is 0 Å². The highest BCUT2D eigenvalue weighted by molar-refractivity contribution is 5.92. The molecule has 0 aromatic heterocycles. The van der Waals surface area contributed by atoms with E-state index in [0.29, 0.717) is 35.8 Å². The summed E-state index contributed by atoms with van der Waals surface area (Å²) in [5.74, 6) is -2.14. The topological polar surface area (TPSA) is 110 Å². The zero-order valence-electron chi connectivity index (χ0n) is 16.1. The van der Waals surface area contributed by atoms with Gasteiger partial charge in [-0.3, -0.25) is 0 Å². The van der Waals surface area contributed by atoms with E-state index in [0.717, 1.165) is 0 Å². The van der Waals surface area contributed by atoms with Crippen LogP contribution < -0.4 is 0 Å². The zero-order chi connectivity index (χ0) is 20.8. The molecule has 1 heterocycles. The molecule has 0 amide bonds. The highest BCUT2D eigenvalue weighted by atomic mass is 16.6. The molecule has 7 nitrogen and oxygen atoms in total. The summed E-state index contributed by atoms with van der Waals surface area (Å²) in [4.78, 5) is 35.7. The predicted octanol–water partition coefficient (Wildman–Crippen LogP) is 1.55. The first-order valence-corrected chi connectivity index (χ1v) is 9.18. The lowest BCUT2D eigenvalue weighted by molar-refractivity contribution is -0.153. The highest BCUT2D eigenvalue weighted by Crippen LogP contribution is 2.37. The molecule has 0 aromatic carbocycles. The maximum Gasteiger partial charge on any atom is 0.334 e. The van der Waals surface area contributed by atoms with Crippen LogP contribution in [0.3, 0.4) is 0 Å². The molecule has 0 saturated carbocycles. The molecule has 0 bridgehead atoms. The molecule has 0 unspecified atom stereocenters. The number of ether oxygens (including phenoxy) is 2. The fraction of sp³-hybridized carbons (Fsp3) is 0.476. The number of hydrogen-bond acceptors (Lipinski definition) is 7. The fourth-order valence-electron chi connectivity index (χ4n) is 3.32. The van der Waals surface area contributed by atoms with Crippen molar-refractivity contribution in [1.82, 2.24) is 0 Å². The van der Waals surface area contributed by atoms with Crippen molar-refractivity contribution in [3.05, 3.63) is 47.1 Å². The molecule has 4 atom stereocenters. The number of carbonyl (C=O) groups excluding carboxylic acids is 3. The minimum Gasteiger partial charge on any atom is -0.455 e. The Labute approximate surface area is 164 Å². The lowest BCUT2D eigenvalue weighted by Crippen LogP contribution is -2.43. The normalized spacial score (nSPS) is 32.4.